The molecule has 0 aliphatic carbocycles. The molecule has 0 aromatic rings. The second-order valence-electron chi connectivity index (χ2n) is 2.33. The Bertz CT molecular complexity index is 244. The summed E-state index contributed by atoms with van der Waals surface area (Å²) in [4.78, 5) is 30.5. The van der Waals surface area contributed by atoms with E-state index in [2.05, 4.69) is 0 Å². The van der Waals surface area contributed by atoms with Gasteiger partial charge in [0, 0.05) is 20.1 Å². The van der Waals surface area contributed by atoms with Crippen LogP contribution < -0.4 is 0 Å². The van der Waals surface area contributed by atoms with Crippen molar-refractivity contribution in [3.63, 3.8) is 0 Å². The molecule has 0 amide bonds. The molecule has 0 spiro atoms. The summed E-state index contributed by atoms with van der Waals surface area (Å²) < 4.78 is 0. The topological polar surface area (TPSA) is 132 Å². The SMILES string of the molecule is O=C(O)CC(C(=O)O)C(O)C(=O)O.[SnH4].[Tc]. The quantitative estimate of drug-likeness (QED) is 0.357. The third-order valence-corrected chi connectivity index (χ3v) is 1.35. The average Bonchev–Trinajstić information content (AvgIpc) is 1.97. The van der Waals surface area contributed by atoms with E-state index in [0.29, 0.717) is 0 Å². The average molecular weight is 413 g/mol. The van der Waals surface area contributed by atoms with E-state index in [9.17, 15) is 14.4 Å². The number of aliphatic hydroxyl groups is 1. The Balaban J connectivity index is -0.000000720. The van der Waals surface area contributed by atoms with Gasteiger partial charge in [0.25, 0.3) is 0 Å². The predicted molar refractivity (Wildman–Crippen MR) is 48.4 cm³/mol. The molecule has 4 N–H and O–H groups in total. The number of carboxylic acid groups (broad SMARTS) is 3. The van der Waals surface area contributed by atoms with Crippen molar-refractivity contribution in [2.24, 2.45) is 5.92 Å². The van der Waals surface area contributed by atoms with E-state index in [1.165, 1.54) is 0 Å². The van der Waals surface area contributed by atoms with Crippen LogP contribution in [0, 0.1) is 5.92 Å². The van der Waals surface area contributed by atoms with E-state index < -0.39 is 36.4 Å². The van der Waals surface area contributed by atoms with E-state index in [0.717, 1.165) is 0 Å². The molecule has 7 nitrogen and oxygen atoms in total. The van der Waals surface area contributed by atoms with Crippen LogP contribution in [0.15, 0.2) is 0 Å². The number of carbonyl (C=O) groups is 3. The normalized spacial score (nSPS) is 12.6. The molecule has 1 radical (unpaired) electrons. The molecule has 0 bridgehead atoms. The summed E-state index contributed by atoms with van der Waals surface area (Å²) in [6, 6.07) is 0. The molecule has 0 heterocycles. The first-order valence-corrected chi connectivity index (χ1v) is 3.21. The monoisotopic (exact) mass is 413 g/mol. The van der Waals surface area contributed by atoms with Gasteiger partial charge in [0.15, 0.2) is 6.10 Å². The molecule has 0 aromatic heterocycles. The van der Waals surface area contributed by atoms with Crippen LogP contribution in [0.25, 0.3) is 0 Å². The number of rotatable bonds is 5. The Morgan fingerprint density at radius 3 is 1.60 bits per heavy atom. The summed E-state index contributed by atoms with van der Waals surface area (Å²) in [6.45, 7) is 0. The minimum Gasteiger partial charge on any atom is 0 e. The summed E-state index contributed by atoms with van der Waals surface area (Å²) in [5.41, 5.74) is 0. The fourth-order valence-electron chi connectivity index (χ4n) is 0.694. The van der Waals surface area contributed by atoms with Crippen LogP contribution in [0.1, 0.15) is 6.42 Å². The Hall–Kier alpha value is -0.182. The first-order valence-electron chi connectivity index (χ1n) is 3.21. The molecule has 2 unspecified atom stereocenters. The van der Waals surface area contributed by atoms with Gasteiger partial charge in [-0.25, -0.2) is 4.79 Å². The molecule has 9 heteroatoms. The van der Waals surface area contributed by atoms with Gasteiger partial charge in [-0.15, -0.1) is 0 Å². The first-order chi connectivity index (χ1) is 5.86. The number of carboxylic acids is 3. The third-order valence-electron chi connectivity index (χ3n) is 1.35. The standard InChI is InChI=1S/C6H8O7.Sn.Tc.4H/c7-3(8)1-2(5(10)11)4(9)6(12)13;;;;;;/h2,4,9H,1H2,(H,7,8)(H,10,11)(H,12,13);;;;;;. The molecule has 0 rings (SSSR count). The first kappa shape index (κ1) is 20.3. The van der Waals surface area contributed by atoms with Crippen molar-refractivity contribution in [3.8, 4) is 0 Å². The minimum atomic E-state index is -2.20. The fraction of sp³-hybridized carbons (Fsp3) is 0.500. The van der Waals surface area contributed by atoms with Gasteiger partial charge >= 0.3 is 41.8 Å². The van der Waals surface area contributed by atoms with Crippen LogP contribution in [0.4, 0.5) is 0 Å². The van der Waals surface area contributed by atoms with Crippen molar-refractivity contribution < 1.29 is 54.9 Å². The van der Waals surface area contributed by atoms with E-state index in [4.69, 9.17) is 20.4 Å². The van der Waals surface area contributed by atoms with Crippen LogP contribution >= 0.6 is 0 Å². The molecule has 0 saturated heterocycles. The number of hydrogen-bond donors (Lipinski definition) is 4. The van der Waals surface area contributed by atoms with E-state index in [1.807, 2.05) is 0 Å². The van der Waals surface area contributed by atoms with Gasteiger partial charge in [-0.2, -0.15) is 0 Å². The number of aliphatic carboxylic acids is 3. The van der Waals surface area contributed by atoms with Crippen molar-refractivity contribution in [2.75, 3.05) is 0 Å². The van der Waals surface area contributed by atoms with Gasteiger partial charge in [0.2, 0.25) is 0 Å². The van der Waals surface area contributed by atoms with Crippen molar-refractivity contribution in [2.45, 2.75) is 12.5 Å². The van der Waals surface area contributed by atoms with E-state index >= 15 is 0 Å². The van der Waals surface area contributed by atoms with Crippen molar-refractivity contribution in [1.82, 2.24) is 0 Å². The maximum atomic E-state index is 10.3. The summed E-state index contributed by atoms with van der Waals surface area (Å²) in [5, 5.41) is 33.5. The maximum Gasteiger partial charge on any atom is 0 e. The summed E-state index contributed by atoms with van der Waals surface area (Å²) in [6.07, 6.45) is -3.13. The summed E-state index contributed by atoms with van der Waals surface area (Å²) >= 11 is 0. The molecule has 0 aliphatic rings. The maximum absolute atomic E-state index is 10.3. The van der Waals surface area contributed by atoms with E-state index in [-0.39, 0.29) is 44.0 Å². The Labute approximate surface area is 115 Å². The second-order valence-corrected chi connectivity index (χ2v) is 2.33. The van der Waals surface area contributed by atoms with Crippen molar-refractivity contribution >= 4 is 41.8 Å². The molecule has 89 valence electrons. The third kappa shape index (κ3) is 7.71. The zero-order valence-electron chi connectivity index (χ0n) is 6.75. The molecular formula is C6H12O7SnTc. The summed E-state index contributed by atoms with van der Waals surface area (Å²) in [7, 11) is 0. The van der Waals surface area contributed by atoms with Gasteiger partial charge in [0.05, 0.1) is 6.42 Å². The summed E-state index contributed by atoms with van der Waals surface area (Å²) in [5.74, 6) is -6.71. The molecule has 0 aromatic carbocycles. The van der Waals surface area contributed by atoms with Crippen LogP contribution in [0.3, 0.4) is 0 Å². The molecule has 0 aliphatic heterocycles. The van der Waals surface area contributed by atoms with Gasteiger partial charge in [-0.05, 0) is 0 Å². The Morgan fingerprint density at radius 2 is 1.40 bits per heavy atom. The molecule has 0 saturated carbocycles. The van der Waals surface area contributed by atoms with Crippen molar-refractivity contribution in [1.29, 1.82) is 0 Å². The largest absolute Gasteiger partial charge is 0 e. The van der Waals surface area contributed by atoms with Gasteiger partial charge < -0.3 is 20.4 Å². The van der Waals surface area contributed by atoms with Crippen LogP contribution in [0.2, 0.25) is 0 Å². The zero-order chi connectivity index (χ0) is 10.6. The zero-order valence-corrected chi connectivity index (χ0v) is 8.61. The predicted octanol–water partition coefficient (Wildman–Crippen LogP) is -2.85. The smallest absolute Gasteiger partial charge is 0 e. The van der Waals surface area contributed by atoms with Crippen LogP contribution in [-0.4, -0.2) is 68.3 Å². The number of aliphatic hydroxyl groups excluding tert-OH is 1. The van der Waals surface area contributed by atoms with Gasteiger partial charge in [-0.1, -0.05) is 0 Å². The molecule has 0 fully saturated rings. The van der Waals surface area contributed by atoms with Gasteiger partial charge in [0.1, 0.15) is 5.92 Å². The number of hydrogen-bond acceptors (Lipinski definition) is 4. The van der Waals surface area contributed by atoms with Crippen molar-refractivity contribution in [3.05, 3.63) is 0 Å². The van der Waals surface area contributed by atoms with Gasteiger partial charge in [-0.3, -0.25) is 9.59 Å². The Morgan fingerprint density at radius 1 is 1.00 bits per heavy atom. The van der Waals surface area contributed by atoms with E-state index in [1.54, 1.807) is 0 Å². The van der Waals surface area contributed by atoms with Crippen LogP contribution in [0.5, 0.6) is 0 Å². The second kappa shape index (κ2) is 9.07. The molecule has 15 heavy (non-hydrogen) atoms. The Kier molecular flexibility index (Phi) is 12.3. The molecule has 2 atom stereocenters. The fourth-order valence-corrected chi connectivity index (χ4v) is 0.694. The minimum absolute atomic E-state index is 0. The molecular weight excluding hydrogens is 401 g/mol. The van der Waals surface area contributed by atoms with Crippen LogP contribution in [-0.2, 0) is 34.5 Å².